The van der Waals surface area contributed by atoms with E-state index < -0.39 is 0 Å². The summed E-state index contributed by atoms with van der Waals surface area (Å²) in [7, 11) is 1.61. The third-order valence-electron chi connectivity index (χ3n) is 5.42. The summed E-state index contributed by atoms with van der Waals surface area (Å²) < 4.78 is 11.4. The molecule has 0 radical (unpaired) electrons. The zero-order valence-electron chi connectivity index (χ0n) is 19.7. The van der Waals surface area contributed by atoms with Gasteiger partial charge in [0.25, 0.3) is 5.91 Å². The molecule has 178 valence electrons. The number of carbonyl (C=O) groups is 1. The third-order valence-corrected chi connectivity index (χ3v) is 6.51. The van der Waals surface area contributed by atoms with Crippen molar-refractivity contribution >= 4 is 17.7 Å². The lowest BCUT2D eigenvalue weighted by atomic mass is 10.1. The number of hydrogen-bond donors (Lipinski definition) is 1. The molecule has 4 rings (SSSR count). The lowest BCUT2D eigenvalue weighted by molar-refractivity contribution is 0.0939. The number of nitrogens with one attached hydrogen (secondary N) is 1. The maximum atomic E-state index is 12.8. The van der Waals surface area contributed by atoms with E-state index in [4.69, 9.17) is 9.47 Å². The van der Waals surface area contributed by atoms with Gasteiger partial charge in [-0.25, -0.2) is 0 Å². The summed E-state index contributed by atoms with van der Waals surface area (Å²) in [6.07, 6.45) is 7.10. The number of ether oxygens (including phenoxy) is 2. The Bertz CT molecular complexity index is 1240. The quantitative estimate of drug-likeness (QED) is 0.284. The van der Waals surface area contributed by atoms with Crippen LogP contribution in [0.3, 0.4) is 0 Å². The molecular formula is C28H27N3O3S. The number of thioether (sulfide) groups is 1. The summed E-state index contributed by atoms with van der Waals surface area (Å²) >= 11 is 1.71. The van der Waals surface area contributed by atoms with Crippen molar-refractivity contribution in [2.45, 2.75) is 30.2 Å². The Morgan fingerprint density at radius 1 is 0.943 bits per heavy atom. The van der Waals surface area contributed by atoms with Gasteiger partial charge in [0.05, 0.1) is 13.2 Å². The number of nitrogens with zero attached hydrogens (tertiary/aromatic N) is 2. The lowest BCUT2D eigenvalue weighted by Crippen LogP contribution is -2.26. The topological polar surface area (TPSA) is 73.3 Å². The Morgan fingerprint density at radius 3 is 2.46 bits per heavy atom. The van der Waals surface area contributed by atoms with Crippen molar-refractivity contribution in [3.05, 3.63) is 114 Å². The summed E-state index contributed by atoms with van der Waals surface area (Å²) in [5.41, 5.74) is 3.73. The second-order valence-electron chi connectivity index (χ2n) is 7.92. The molecule has 1 unspecified atom stereocenters. The van der Waals surface area contributed by atoms with Crippen LogP contribution < -0.4 is 14.8 Å². The molecule has 7 heteroatoms. The van der Waals surface area contributed by atoms with Crippen LogP contribution in [-0.2, 0) is 12.4 Å². The van der Waals surface area contributed by atoms with Crippen LogP contribution in [-0.4, -0.2) is 23.0 Å². The van der Waals surface area contributed by atoms with Gasteiger partial charge in [-0.15, -0.1) is 11.8 Å². The average Bonchev–Trinajstić information content (AvgIpc) is 2.92. The molecule has 2 heterocycles. The number of methoxy groups -OCH3 is 1. The third kappa shape index (κ3) is 6.83. The molecule has 0 aliphatic heterocycles. The number of hydrogen-bond acceptors (Lipinski definition) is 6. The highest BCUT2D eigenvalue weighted by atomic mass is 32.2. The first kappa shape index (κ1) is 24.3. The van der Waals surface area contributed by atoms with Crippen LogP contribution in [0.2, 0.25) is 0 Å². The molecule has 0 aliphatic rings. The van der Waals surface area contributed by atoms with Gasteiger partial charge in [0, 0.05) is 41.0 Å². The molecule has 35 heavy (non-hydrogen) atoms. The van der Waals surface area contributed by atoms with Gasteiger partial charge >= 0.3 is 0 Å². The number of rotatable bonds is 10. The van der Waals surface area contributed by atoms with E-state index in [1.54, 1.807) is 37.5 Å². The van der Waals surface area contributed by atoms with Gasteiger partial charge in [-0.3, -0.25) is 14.8 Å². The summed E-state index contributed by atoms with van der Waals surface area (Å²) in [5.74, 6) is 1.97. The summed E-state index contributed by atoms with van der Waals surface area (Å²) in [5, 5.41) is 3.06. The summed E-state index contributed by atoms with van der Waals surface area (Å²) in [4.78, 5) is 22.1. The van der Waals surface area contributed by atoms with Crippen molar-refractivity contribution < 1.29 is 14.3 Å². The standard InChI is InChI=1S/C28H27N3O3S/c1-20(24-7-10-26(27(16-24)33-2)34-18-21-11-14-29-15-12-21)31-28(32)23-5-8-25(9-6-23)35-19-22-4-3-13-30-17-22/h3-17,20H,18-19H2,1-2H3,(H,31,32). The van der Waals surface area contributed by atoms with Crippen molar-refractivity contribution in [2.24, 2.45) is 0 Å². The lowest BCUT2D eigenvalue weighted by Gasteiger charge is -2.17. The second-order valence-corrected chi connectivity index (χ2v) is 8.97. The zero-order chi connectivity index (χ0) is 24.5. The molecule has 4 aromatic rings. The van der Waals surface area contributed by atoms with Crippen molar-refractivity contribution in [3.8, 4) is 11.5 Å². The fourth-order valence-corrected chi connectivity index (χ4v) is 4.26. The van der Waals surface area contributed by atoms with E-state index in [1.807, 2.05) is 73.8 Å². The molecule has 6 nitrogen and oxygen atoms in total. The zero-order valence-corrected chi connectivity index (χ0v) is 20.5. The van der Waals surface area contributed by atoms with E-state index >= 15 is 0 Å². The Hall–Kier alpha value is -3.84. The molecule has 1 amide bonds. The summed E-state index contributed by atoms with van der Waals surface area (Å²) in [6.45, 7) is 2.36. The van der Waals surface area contributed by atoms with Gasteiger partial charge in [0.1, 0.15) is 6.61 Å². The molecule has 0 aliphatic carbocycles. The largest absolute Gasteiger partial charge is 0.493 e. The van der Waals surface area contributed by atoms with Gasteiger partial charge in [0.15, 0.2) is 11.5 Å². The number of carbonyl (C=O) groups excluding carboxylic acids is 1. The van der Waals surface area contributed by atoms with Crippen molar-refractivity contribution in [3.63, 3.8) is 0 Å². The number of benzene rings is 2. The van der Waals surface area contributed by atoms with Crippen molar-refractivity contribution in [1.29, 1.82) is 0 Å². The smallest absolute Gasteiger partial charge is 0.251 e. The molecule has 0 spiro atoms. The highest BCUT2D eigenvalue weighted by molar-refractivity contribution is 7.98. The van der Waals surface area contributed by atoms with Crippen molar-refractivity contribution in [2.75, 3.05) is 7.11 Å². The van der Waals surface area contributed by atoms with Crippen LogP contribution in [0.25, 0.3) is 0 Å². The Balaban J connectivity index is 1.34. The fourth-order valence-electron chi connectivity index (χ4n) is 3.43. The minimum absolute atomic E-state index is 0.127. The molecule has 0 saturated heterocycles. The van der Waals surface area contributed by atoms with Gasteiger partial charge in [-0.2, -0.15) is 0 Å². The number of pyridine rings is 2. The fraction of sp³-hybridized carbons (Fsp3) is 0.179. The first-order valence-corrected chi connectivity index (χ1v) is 12.2. The van der Waals surface area contributed by atoms with E-state index in [0.29, 0.717) is 23.7 Å². The van der Waals surface area contributed by atoms with Gasteiger partial charge in [-0.05, 0) is 78.2 Å². The molecule has 2 aromatic heterocycles. The highest BCUT2D eigenvalue weighted by Gasteiger charge is 2.14. The molecule has 0 saturated carbocycles. The summed E-state index contributed by atoms with van der Waals surface area (Å²) in [6, 6.07) is 20.9. The van der Waals surface area contributed by atoms with Crippen LogP contribution in [0.15, 0.2) is 96.4 Å². The number of aromatic nitrogens is 2. The molecule has 1 N–H and O–H groups in total. The SMILES string of the molecule is COc1cc(C(C)NC(=O)c2ccc(SCc3cccnc3)cc2)ccc1OCc1ccncc1. The molecule has 1 atom stereocenters. The van der Waals surface area contributed by atoms with E-state index in [2.05, 4.69) is 21.4 Å². The predicted molar refractivity (Wildman–Crippen MR) is 138 cm³/mol. The monoisotopic (exact) mass is 485 g/mol. The Kier molecular flexibility index (Phi) is 8.35. The first-order valence-electron chi connectivity index (χ1n) is 11.2. The van der Waals surface area contributed by atoms with Crippen LogP contribution in [0, 0.1) is 0 Å². The molecule has 0 fully saturated rings. The van der Waals surface area contributed by atoms with Crippen LogP contribution >= 0.6 is 11.8 Å². The van der Waals surface area contributed by atoms with E-state index in [-0.39, 0.29) is 11.9 Å². The minimum atomic E-state index is -0.203. The number of amides is 1. The van der Waals surface area contributed by atoms with E-state index in [9.17, 15) is 4.79 Å². The Morgan fingerprint density at radius 2 is 1.74 bits per heavy atom. The predicted octanol–water partition coefficient (Wildman–Crippen LogP) is 5.85. The van der Waals surface area contributed by atoms with Crippen LogP contribution in [0.4, 0.5) is 0 Å². The minimum Gasteiger partial charge on any atom is -0.493 e. The van der Waals surface area contributed by atoms with Crippen LogP contribution in [0.5, 0.6) is 11.5 Å². The van der Waals surface area contributed by atoms with E-state index in [1.165, 1.54) is 0 Å². The highest BCUT2D eigenvalue weighted by Crippen LogP contribution is 2.31. The van der Waals surface area contributed by atoms with Crippen LogP contribution in [0.1, 0.15) is 40.0 Å². The molecule has 2 aromatic carbocycles. The Labute approximate surface area is 209 Å². The second kappa shape index (κ2) is 12.0. The molecule has 0 bridgehead atoms. The average molecular weight is 486 g/mol. The van der Waals surface area contributed by atoms with E-state index in [0.717, 1.165) is 27.3 Å². The van der Waals surface area contributed by atoms with Gasteiger partial charge in [0.2, 0.25) is 0 Å². The first-order chi connectivity index (χ1) is 17.1. The van der Waals surface area contributed by atoms with Crippen molar-refractivity contribution in [1.82, 2.24) is 15.3 Å². The van der Waals surface area contributed by atoms with Gasteiger partial charge in [-0.1, -0.05) is 12.1 Å². The van der Waals surface area contributed by atoms with Gasteiger partial charge < -0.3 is 14.8 Å². The maximum absolute atomic E-state index is 12.8. The maximum Gasteiger partial charge on any atom is 0.251 e. The normalized spacial score (nSPS) is 11.5. The molecular weight excluding hydrogens is 458 g/mol.